The average molecular weight is 313 g/mol. The minimum atomic E-state index is 0.277. The third-order valence-corrected chi connectivity index (χ3v) is 4.76. The minimum Gasteiger partial charge on any atom is -0.329 e. The Morgan fingerprint density at radius 3 is 2.33 bits per heavy atom. The molecule has 0 amide bonds. The molecule has 2 unspecified atom stereocenters. The summed E-state index contributed by atoms with van der Waals surface area (Å²) < 4.78 is 1.16. The Kier molecular flexibility index (Phi) is 5.83. The molecule has 0 bridgehead atoms. The highest BCUT2D eigenvalue weighted by molar-refractivity contribution is 9.10. The van der Waals surface area contributed by atoms with Crippen LogP contribution in [0.1, 0.15) is 37.9 Å². The van der Waals surface area contributed by atoms with E-state index < -0.39 is 0 Å². The molecule has 1 rings (SSSR count). The van der Waals surface area contributed by atoms with Crippen molar-refractivity contribution in [1.82, 2.24) is 4.90 Å². The van der Waals surface area contributed by atoms with E-state index in [4.69, 9.17) is 5.73 Å². The summed E-state index contributed by atoms with van der Waals surface area (Å²) in [6, 6.07) is 7.31. The van der Waals surface area contributed by atoms with Gasteiger partial charge in [0.15, 0.2) is 0 Å². The van der Waals surface area contributed by atoms with Crippen molar-refractivity contribution in [3.63, 3.8) is 0 Å². The van der Waals surface area contributed by atoms with Crippen LogP contribution in [0.4, 0.5) is 0 Å². The first kappa shape index (κ1) is 15.7. The number of rotatable bonds is 5. The summed E-state index contributed by atoms with van der Waals surface area (Å²) in [7, 11) is 2.16. The van der Waals surface area contributed by atoms with Gasteiger partial charge in [0.2, 0.25) is 0 Å². The third-order valence-electron chi connectivity index (χ3n) is 3.90. The first-order chi connectivity index (χ1) is 8.38. The lowest BCUT2D eigenvalue weighted by Crippen LogP contribution is -2.39. The predicted molar refractivity (Wildman–Crippen MR) is 82.7 cm³/mol. The molecule has 1 aromatic carbocycles. The standard InChI is InChI=1S/C15H25BrN2/c1-10(2)12(4)18(5)15(9-17)13-7-6-11(3)14(16)8-13/h6-8,10,12,15H,9,17H2,1-5H3. The third kappa shape index (κ3) is 3.56. The maximum atomic E-state index is 5.97. The quantitative estimate of drug-likeness (QED) is 0.897. The number of halogens is 1. The fourth-order valence-corrected chi connectivity index (χ4v) is 2.50. The van der Waals surface area contributed by atoms with Gasteiger partial charge in [-0.25, -0.2) is 0 Å². The molecule has 2 N–H and O–H groups in total. The number of nitrogens with zero attached hydrogens (tertiary/aromatic N) is 1. The number of nitrogens with two attached hydrogens (primary N) is 1. The van der Waals surface area contributed by atoms with Gasteiger partial charge in [-0.05, 0) is 44.0 Å². The molecule has 0 spiro atoms. The fourth-order valence-electron chi connectivity index (χ4n) is 2.11. The topological polar surface area (TPSA) is 29.3 Å². The van der Waals surface area contributed by atoms with Gasteiger partial charge in [-0.1, -0.05) is 41.9 Å². The second-order valence-corrected chi connectivity index (χ2v) is 6.26. The molecule has 0 heterocycles. The first-order valence-electron chi connectivity index (χ1n) is 6.56. The summed E-state index contributed by atoms with van der Waals surface area (Å²) in [4.78, 5) is 2.38. The van der Waals surface area contributed by atoms with Crippen molar-refractivity contribution >= 4 is 15.9 Å². The van der Waals surface area contributed by atoms with E-state index >= 15 is 0 Å². The molecule has 0 aliphatic carbocycles. The van der Waals surface area contributed by atoms with E-state index in [1.165, 1.54) is 11.1 Å². The van der Waals surface area contributed by atoms with Gasteiger partial charge < -0.3 is 5.73 Å². The monoisotopic (exact) mass is 312 g/mol. The zero-order chi connectivity index (χ0) is 13.9. The predicted octanol–water partition coefficient (Wildman–Crippen LogP) is 3.73. The van der Waals surface area contributed by atoms with Gasteiger partial charge in [-0.3, -0.25) is 4.90 Å². The Balaban J connectivity index is 2.98. The smallest absolute Gasteiger partial charge is 0.0470 e. The molecule has 1 aromatic rings. The Labute approximate surface area is 120 Å². The molecule has 0 aliphatic heterocycles. The van der Waals surface area contributed by atoms with E-state index in [0.29, 0.717) is 18.5 Å². The molecule has 0 aromatic heterocycles. The zero-order valence-electron chi connectivity index (χ0n) is 12.1. The van der Waals surface area contributed by atoms with Crippen molar-refractivity contribution in [2.75, 3.05) is 13.6 Å². The highest BCUT2D eigenvalue weighted by atomic mass is 79.9. The van der Waals surface area contributed by atoms with E-state index in [1.54, 1.807) is 0 Å². The maximum Gasteiger partial charge on any atom is 0.0470 e. The molecule has 0 saturated heterocycles. The second-order valence-electron chi connectivity index (χ2n) is 5.41. The molecule has 0 saturated carbocycles. The van der Waals surface area contributed by atoms with Crippen LogP contribution in [-0.4, -0.2) is 24.5 Å². The summed E-state index contributed by atoms with van der Waals surface area (Å²) in [5.74, 6) is 0.623. The Morgan fingerprint density at radius 1 is 1.28 bits per heavy atom. The second kappa shape index (κ2) is 6.69. The Morgan fingerprint density at radius 2 is 1.89 bits per heavy atom. The van der Waals surface area contributed by atoms with E-state index in [0.717, 1.165) is 4.47 Å². The summed E-state index contributed by atoms with van der Waals surface area (Å²) >= 11 is 3.60. The van der Waals surface area contributed by atoms with Gasteiger partial charge in [-0.2, -0.15) is 0 Å². The molecule has 2 atom stereocenters. The number of hydrogen-bond donors (Lipinski definition) is 1. The van der Waals surface area contributed by atoms with E-state index in [9.17, 15) is 0 Å². The highest BCUT2D eigenvalue weighted by Gasteiger charge is 2.22. The zero-order valence-corrected chi connectivity index (χ0v) is 13.7. The van der Waals surface area contributed by atoms with Gasteiger partial charge in [0.1, 0.15) is 0 Å². The molecule has 3 heteroatoms. The van der Waals surface area contributed by atoms with Crippen LogP contribution in [0.15, 0.2) is 22.7 Å². The normalized spacial score (nSPS) is 15.2. The van der Waals surface area contributed by atoms with Gasteiger partial charge in [0.25, 0.3) is 0 Å². The molecule has 18 heavy (non-hydrogen) atoms. The summed E-state index contributed by atoms with van der Waals surface area (Å²) in [6.45, 7) is 9.50. The van der Waals surface area contributed by atoms with Crippen molar-refractivity contribution in [3.05, 3.63) is 33.8 Å². The Hall–Kier alpha value is -0.380. The van der Waals surface area contributed by atoms with Crippen molar-refractivity contribution in [2.45, 2.75) is 39.8 Å². The molecule has 0 radical (unpaired) electrons. The molecule has 102 valence electrons. The highest BCUT2D eigenvalue weighted by Crippen LogP contribution is 2.27. The SMILES string of the molecule is Cc1ccc(C(CN)N(C)C(C)C(C)C)cc1Br. The van der Waals surface area contributed by atoms with Crippen LogP contribution < -0.4 is 5.73 Å². The molecule has 2 nitrogen and oxygen atoms in total. The van der Waals surface area contributed by atoms with Crippen LogP contribution in [0.25, 0.3) is 0 Å². The lowest BCUT2D eigenvalue weighted by molar-refractivity contribution is 0.152. The minimum absolute atomic E-state index is 0.277. The van der Waals surface area contributed by atoms with Gasteiger partial charge in [-0.15, -0.1) is 0 Å². The van der Waals surface area contributed by atoms with Crippen LogP contribution in [0.2, 0.25) is 0 Å². The van der Waals surface area contributed by atoms with Crippen LogP contribution in [0.5, 0.6) is 0 Å². The molecular formula is C15H25BrN2. The first-order valence-corrected chi connectivity index (χ1v) is 7.35. The van der Waals surface area contributed by atoms with Crippen LogP contribution in [-0.2, 0) is 0 Å². The van der Waals surface area contributed by atoms with Crippen molar-refractivity contribution in [2.24, 2.45) is 11.7 Å². The van der Waals surface area contributed by atoms with Crippen LogP contribution in [0.3, 0.4) is 0 Å². The number of likely N-dealkylation sites (N-methyl/N-ethyl adjacent to an activating group) is 1. The lowest BCUT2D eigenvalue weighted by Gasteiger charge is -2.35. The van der Waals surface area contributed by atoms with Crippen molar-refractivity contribution in [3.8, 4) is 0 Å². The Bertz CT molecular complexity index is 390. The maximum absolute atomic E-state index is 5.97. The summed E-state index contributed by atoms with van der Waals surface area (Å²) in [6.07, 6.45) is 0. The summed E-state index contributed by atoms with van der Waals surface area (Å²) in [5.41, 5.74) is 8.52. The number of hydrogen-bond acceptors (Lipinski definition) is 2. The molecular weight excluding hydrogens is 288 g/mol. The average Bonchev–Trinajstić information content (AvgIpc) is 2.33. The van der Waals surface area contributed by atoms with Gasteiger partial charge >= 0.3 is 0 Å². The van der Waals surface area contributed by atoms with Gasteiger partial charge in [0, 0.05) is 23.1 Å². The molecule has 0 aliphatic rings. The van der Waals surface area contributed by atoms with E-state index in [2.05, 4.69) is 73.8 Å². The van der Waals surface area contributed by atoms with Crippen LogP contribution >= 0.6 is 15.9 Å². The lowest BCUT2D eigenvalue weighted by atomic mass is 9.99. The van der Waals surface area contributed by atoms with E-state index in [1.807, 2.05) is 0 Å². The van der Waals surface area contributed by atoms with Gasteiger partial charge in [0.05, 0.1) is 0 Å². The number of benzene rings is 1. The van der Waals surface area contributed by atoms with E-state index in [-0.39, 0.29) is 6.04 Å². The number of aryl methyl sites for hydroxylation is 1. The fraction of sp³-hybridized carbons (Fsp3) is 0.600. The van der Waals surface area contributed by atoms with Crippen LogP contribution in [0, 0.1) is 12.8 Å². The van der Waals surface area contributed by atoms with Crippen molar-refractivity contribution < 1.29 is 0 Å². The summed E-state index contributed by atoms with van der Waals surface area (Å²) in [5, 5.41) is 0. The van der Waals surface area contributed by atoms with Crippen molar-refractivity contribution in [1.29, 1.82) is 0 Å². The largest absolute Gasteiger partial charge is 0.329 e. The molecule has 0 fully saturated rings.